The molecule has 1 aromatic heterocycles. The van der Waals surface area contributed by atoms with E-state index < -0.39 is 151 Å². The molecule has 28 heteroatoms. The minimum Gasteiger partial charge on any atom is -0.481 e. The predicted octanol–water partition coefficient (Wildman–Crippen LogP) is -1.90. The van der Waals surface area contributed by atoms with E-state index in [1.165, 1.54) is 49.2 Å². The number of H-pyrrole nitrogens is 1. The molecule has 450 valence electrons. The molecule has 0 spiro atoms. The molecule has 10 amide bonds. The van der Waals surface area contributed by atoms with Crippen molar-refractivity contribution in [2.75, 3.05) is 43.7 Å². The highest BCUT2D eigenvalue weighted by molar-refractivity contribution is 7.98. The minimum absolute atomic E-state index is 0.0234. The summed E-state index contributed by atoms with van der Waals surface area (Å²) < 4.78 is 0. The maximum Gasteiger partial charge on any atom is 0.303 e. The van der Waals surface area contributed by atoms with Gasteiger partial charge in [0, 0.05) is 36.6 Å². The molecule has 0 aliphatic carbocycles. The summed E-state index contributed by atoms with van der Waals surface area (Å²) >= 11 is 2.84. The summed E-state index contributed by atoms with van der Waals surface area (Å²) in [5, 5.41) is 49.7. The van der Waals surface area contributed by atoms with E-state index in [2.05, 4.69) is 42.2 Å². The Kier molecular flexibility index (Phi) is 26.2. The molecule has 26 nitrogen and oxygen atoms in total. The highest BCUT2D eigenvalue weighted by Crippen LogP contribution is 2.24. The second-order valence-corrected chi connectivity index (χ2v) is 23.3. The van der Waals surface area contributed by atoms with Crippen LogP contribution in [0.4, 0.5) is 0 Å². The van der Waals surface area contributed by atoms with Crippen molar-refractivity contribution in [3.63, 3.8) is 0 Å². The molecule has 0 bridgehead atoms. The quantitative estimate of drug-likeness (QED) is 0.0380. The summed E-state index contributed by atoms with van der Waals surface area (Å²) in [5.74, 6) is -8.55. The first-order chi connectivity index (χ1) is 38.2. The van der Waals surface area contributed by atoms with Crippen LogP contribution in [0.5, 0.6) is 0 Å². The lowest BCUT2D eigenvalue weighted by Gasteiger charge is -2.33. The van der Waals surface area contributed by atoms with Crippen molar-refractivity contribution in [3.05, 3.63) is 36.0 Å². The summed E-state index contributed by atoms with van der Waals surface area (Å²) in [6, 6.07) is -4.37. The normalized spacial score (nSPS) is 18.3. The number of fused-ring (bicyclic) bond motifs is 1. The Morgan fingerprint density at radius 3 is 1.83 bits per heavy atom. The second-order valence-electron chi connectivity index (χ2n) is 21.4. The lowest BCUT2D eigenvalue weighted by atomic mass is 10.0. The van der Waals surface area contributed by atoms with Gasteiger partial charge in [0.2, 0.25) is 59.1 Å². The fourth-order valence-corrected chi connectivity index (χ4v) is 10.5. The van der Waals surface area contributed by atoms with Crippen LogP contribution in [0.1, 0.15) is 98.0 Å². The summed E-state index contributed by atoms with van der Waals surface area (Å²) in [6.45, 7) is 6.67. The number of benzene rings is 1. The average molecular weight is 1180 g/mol. The number of aliphatic hydroxyl groups is 2. The van der Waals surface area contributed by atoms with Gasteiger partial charge in [0.15, 0.2) is 0 Å². The third kappa shape index (κ3) is 19.3. The number of hydrogen-bond donors (Lipinski definition) is 13. The van der Waals surface area contributed by atoms with Gasteiger partial charge in [-0.05, 0) is 120 Å². The first-order valence-electron chi connectivity index (χ1n) is 27.1. The molecular weight excluding hydrogens is 1090 g/mol. The number of aliphatic carboxylic acids is 1. The summed E-state index contributed by atoms with van der Waals surface area (Å²) in [6.07, 6.45) is 4.17. The molecule has 15 N–H and O–H groups in total. The lowest BCUT2D eigenvalue weighted by molar-refractivity contribution is -0.146. The molecule has 1 aromatic carbocycles. The molecular formula is C53H82N12O14S2. The van der Waals surface area contributed by atoms with Crippen LogP contribution >= 0.6 is 23.5 Å². The van der Waals surface area contributed by atoms with E-state index in [9.17, 15) is 68.1 Å². The number of thioether (sulfide) groups is 2. The number of likely N-dealkylation sites (tertiary alicyclic amines) is 2. The predicted molar refractivity (Wildman–Crippen MR) is 304 cm³/mol. The van der Waals surface area contributed by atoms with Crippen LogP contribution in [-0.2, 0) is 59.2 Å². The molecule has 0 radical (unpaired) electrons. The third-order valence-corrected chi connectivity index (χ3v) is 15.4. The molecule has 2 aliphatic heterocycles. The molecule has 81 heavy (non-hydrogen) atoms. The monoisotopic (exact) mass is 1170 g/mol. The number of aromatic amines is 1. The van der Waals surface area contributed by atoms with E-state index in [1.807, 2.05) is 30.5 Å². The number of aromatic nitrogens is 1. The number of primary amides is 1. The van der Waals surface area contributed by atoms with Crippen molar-refractivity contribution in [3.8, 4) is 0 Å². The first-order valence-corrected chi connectivity index (χ1v) is 29.9. The van der Waals surface area contributed by atoms with Crippen LogP contribution < -0.4 is 48.7 Å². The molecule has 0 unspecified atom stereocenters. The number of amides is 10. The Morgan fingerprint density at radius 1 is 0.716 bits per heavy atom. The Morgan fingerprint density at radius 2 is 1.27 bits per heavy atom. The standard InChI is InChI=1S/C53H82N12O14S2/c1-28(2)24-37(59-44(71)32(54)25-30-26-56-33-13-9-8-12-31(30)33)45(72)60-38(27-66)46(73)62-42(29(3)67)51(78)65-21-11-15-40(65)49(76)58-36(16-17-41(68)69)50(77)64-20-10-14-39(64)48(75)57-35(19-23-81-7)47(74)63-53(4,5)52(79)61-34(43(55)70)18-22-80-6/h8-9,12-13,26,28-29,32,34-40,42,56,66-67H,10-11,14-25,27,54H2,1-7H3,(H2,55,70)(H,57,75)(H,58,76)(H,59,71)(H,60,72)(H,61,79)(H,62,73)(H,63,74)(H,68,69)/t29-,32+,34+,35+,36+,37+,38+,39+,40+,42+/m1/s1. The average Bonchev–Trinajstić information content (AvgIpc) is 4.21. The van der Waals surface area contributed by atoms with Gasteiger partial charge in [-0.3, -0.25) is 52.7 Å². The van der Waals surface area contributed by atoms with Crippen molar-refractivity contribution in [2.45, 2.75) is 165 Å². The Balaban J connectivity index is 1.44. The third-order valence-electron chi connectivity index (χ3n) is 14.1. The van der Waals surface area contributed by atoms with Gasteiger partial charge in [0.05, 0.1) is 18.8 Å². The van der Waals surface area contributed by atoms with Crippen LogP contribution in [0.25, 0.3) is 10.9 Å². The number of carboxylic acids is 1. The van der Waals surface area contributed by atoms with Crippen molar-refractivity contribution >= 4 is 99.5 Å². The van der Waals surface area contributed by atoms with Gasteiger partial charge in [-0.1, -0.05) is 32.0 Å². The fraction of sp³-hybridized carbons (Fsp3) is 0.642. The zero-order chi connectivity index (χ0) is 60.3. The number of nitrogens with two attached hydrogens (primary N) is 2. The topological polar surface area (TPSA) is 407 Å². The van der Waals surface area contributed by atoms with Crippen LogP contribution in [0.15, 0.2) is 30.5 Å². The summed E-state index contributed by atoms with van der Waals surface area (Å²) in [5.41, 5.74) is 11.9. The molecule has 3 heterocycles. The second kappa shape index (κ2) is 31.6. The van der Waals surface area contributed by atoms with E-state index in [-0.39, 0.29) is 64.0 Å². The molecule has 4 rings (SSSR count). The zero-order valence-corrected chi connectivity index (χ0v) is 48.7. The van der Waals surface area contributed by atoms with E-state index in [4.69, 9.17) is 11.5 Å². The van der Waals surface area contributed by atoms with Crippen molar-refractivity contribution in [1.82, 2.24) is 52.0 Å². The highest BCUT2D eigenvalue weighted by Gasteiger charge is 2.44. The van der Waals surface area contributed by atoms with Gasteiger partial charge in [-0.2, -0.15) is 23.5 Å². The minimum atomic E-state index is -1.73. The lowest BCUT2D eigenvalue weighted by Crippen LogP contribution is -2.62. The van der Waals surface area contributed by atoms with Crippen LogP contribution in [0, 0.1) is 5.92 Å². The largest absolute Gasteiger partial charge is 0.481 e. The number of carbonyl (C=O) groups excluding carboxylic acids is 10. The van der Waals surface area contributed by atoms with Gasteiger partial charge in [0.1, 0.15) is 53.9 Å². The number of carboxylic acid groups (broad SMARTS) is 1. The fourth-order valence-electron chi connectivity index (χ4n) is 9.58. The van der Waals surface area contributed by atoms with Crippen LogP contribution in [0.2, 0.25) is 0 Å². The number of nitrogens with one attached hydrogen (secondary N) is 8. The van der Waals surface area contributed by atoms with E-state index in [0.29, 0.717) is 17.9 Å². The molecule has 2 aliphatic rings. The molecule has 0 saturated carbocycles. The molecule has 10 atom stereocenters. The Labute approximate surface area is 479 Å². The van der Waals surface area contributed by atoms with Gasteiger partial charge < -0.3 is 78.8 Å². The first kappa shape index (κ1) is 67.0. The summed E-state index contributed by atoms with van der Waals surface area (Å²) in [4.78, 5) is 154. The Bertz CT molecular complexity index is 2570. The van der Waals surface area contributed by atoms with Crippen LogP contribution in [-0.4, -0.2) is 205 Å². The highest BCUT2D eigenvalue weighted by atomic mass is 32.2. The van der Waals surface area contributed by atoms with Gasteiger partial charge in [-0.15, -0.1) is 0 Å². The number of para-hydroxylation sites is 1. The maximum atomic E-state index is 14.4. The molecule has 2 aromatic rings. The number of aliphatic hydroxyl groups excluding tert-OH is 2. The van der Waals surface area contributed by atoms with E-state index >= 15 is 0 Å². The number of hydrogen-bond acceptors (Lipinski definition) is 16. The SMILES string of the molecule is CSCC[C@H](NC(=O)C(C)(C)NC(=O)[C@H](CCSC)NC(=O)[C@@H]1CCCN1C(=O)[C@H](CCC(=O)O)NC(=O)[C@@H]1CCCN1C(=O)[C@@H](NC(=O)[C@H](CO)NC(=O)[C@H](CC(C)C)NC(=O)[C@@H](N)Cc1c[nH]c2ccccc12)[C@@H](C)O)C(N)=O. The van der Waals surface area contributed by atoms with Crippen molar-refractivity contribution in [2.24, 2.45) is 17.4 Å². The van der Waals surface area contributed by atoms with Crippen LogP contribution in [0.3, 0.4) is 0 Å². The molecule has 2 fully saturated rings. The van der Waals surface area contributed by atoms with Gasteiger partial charge in [-0.25, -0.2) is 0 Å². The summed E-state index contributed by atoms with van der Waals surface area (Å²) in [7, 11) is 0. The Hall–Kier alpha value is -6.49. The maximum absolute atomic E-state index is 14.4. The van der Waals surface area contributed by atoms with E-state index in [0.717, 1.165) is 21.4 Å². The van der Waals surface area contributed by atoms with Crippen molar-refractivity contribution < 1.29 is 68.1 Å². The molecule has 2 saturated heterocycles. The van der Waals surface area contributed by atoms with Gasteiger partial charge in [0.25, 0.3) is 0 Å². The zero-order valence-electron chi connectivity index (χ0n) is 47.0. The smallest absolute Gasteiger partial charge is 0.303 e. The number of rotatable bonds is 32. The van der Waals surface area contributed by atoms with E-state index in [1.54, 1.807) is 26.3 Å². The number of nitrogens with zero attached hydrogens (tertiary/aromatic N) is 2. The van der Waals surface area contributed by atoms with Gasteiger partial charge >= 0.3 is 5.97 Å². The number of carbonyl (C=O) groups is 11. The van der Waals surface area contributed by atoms with Crippen molar-refractivity contribution in [1.29, 1.82) is 0 Å².